The zero-order valence-electron chi connectivity index (χ0n) is 79.4. The fourth-order valence-electron chi connectivity index (χ4n) is 19.0. The number of urea groups is 3. The zero-order chi connectivity index (χ0) is 101. The summed E-state index contributed by atoms with van der Waals surface area (Å²) in [5, 5.41) is 30.1. The summed E-state index contributed by atoms with van der Waals surface area (Å²) in [6, 6.07) is 88.6. The standard InChI is InChI=1S/C43H39F4N5O4.C36H35Cl2N5O3.C31H35ClN6O4/c44-36-18-14-32(15-19-36)26-50-28-40(53)51-38(23-30-16-20-37(21-17-30)56-29-33-10-5-2-6-11-33)41(54)49(25-34-12-7-13-35(22-34)43(45,46)47)27-39(51)52(50)42(55)48-24-31-8-3-1-4-9-31;37-30-15-11-26(12-16-30)19-20-40-24-33-42(32(35(40)45)21-27-13-17-31(38)18-14-27)34(44)25-41(23-29-9-5-2-6-10-29)43(33)36(46)39-22-28-7-3-1-4-8-28;1-34(2)29-23(10-7-11-25(29)32)18-36-19-27-37(26(30(36)41)16-21-12-14-24(39)15-13-21)28(40)20-35(3)38(27)31(42)33-17-22-8-5-4-6-9-22/h1-22,38-39H,23-29H2,(H,48,55);1-18,32-33H,19-25H2,(H,39,46);4-15,26-27,39H,16-20H2,1-3H3,(H,33,42)/t38-,39-;32-,33-;26-,27-/m000/s1. The minimum absolute atomic E-state index is 0.0423. The van der Waals surface area contributed by atoms with Crippen LogP contribution in [0.5, 0.6) is 11.5 Å². The molecule has 0 radical (unpaired) electrons. The number of hydrogen-bond acceptors (Lipinski definition) is 15. The van der Waals surface area contributed by atoms with Crippen molar-refractivity contribution < 1.29 is 70.6 Å². The van der Waals surface area contributed by atoms with Crippen LogP contribution < -0.4 is 25.6 Å². The van der Waals surface area contributed by atoms with E-state index in [1.807, 2.05) is 219 Å². The second-order valence-corrected chi connectivity index (χ2v) is 37.5. The van der Waals surface area contributed by atoms with E-state index in [4.69, 9.17) is 39.5 Å². The van der Waals surface area contributed by atoms with Gasteiger partial charge in [0.25, 0.3) is 0 Å². The number of phenolic OH excluding ortho intramolecular Hbond substituents is 1. The van der Waals surface area contributed by atoms with Gasteiger partial charge < -0.3 is 60.1 Å². The number of hydrogen-bond donors (Lipinski definition) is 4. The molecule has 6 fully saturated rings. The SMILES string of the molecule is CN(C)c1c(Cl)cccc1CN1C[C@H]2N(C(=O)CN(C)N2C(=O)NCc2ccccc2)[C@@H](Cc2ccc(O)cc2)C1=O.O=C1[C@H](Cc2ccc(Cl)cc2)N2C(=O)CN(Cc3ccccc3)N(C(=O)NCc3ccccc3)[C@H]2CN1CCc1ccc(Cl)cc1.O=C1[C@H](Cc2ccc(OCc3ccccc3)cc2)N2C(=O)CN(Cc3ccc(F)cc3)N(C(=O)NCc3ccccc3)[C@H]2CN1Cc1cccc(C(F)(F)F)c1. The van der Waals surface area contributed by atoms with Crippen LogP contribution in [0, 0.1) is 5.82 Å². The van der Waals surface area contributed by atoms with Gasteiger partial charge in [0.15, 0.2) is 0 Å². The molecule has 12 amide bonds. The lowest BCUT2D eigenvalue weighted by molar-refractivity contribution is -0.192. The number of para-hydroxylation sites is 1. The molecule has 0 unspecified atom stereocenters. The first kappa shape index (κ1) is 102. The molecule has 12 aromatic carbocycles. The Morgan fingerprint density at radius 1 is 0.403 bits per heavy atom. The number of likely N-dealkylation sites (N-methyl/N-ethyl adjacent to an activating group) is 1. The number of carbonyl (C=O) groups excluding carboxylic acids is 9. The van der Waals surface area contributed by atoms with Crippen molar-refractivity contribution in [2.45, 2.75) is 121 Å². The second-order valence-electron chi connectivity index (χ2n) is 36.2. The van der Waals surface area contributed by atoms with Crippen LogP contribution in [0.15, 0.2) is 315 Å². The Morgan fingerprint density at radius 3 is 1.24 bits per heavy atom. The van der Waals surface area contributed by atoms with Gasteiger partial charge in [-0.2, -0.15) is 13.2 Å². The lowest BCUT2D eigenvalue weighted by atomic mass is 9.98. The van der Waals surface area contributed by atoms with Crippen molar-refractivity contribution in [2.24, 2.45) is 0 Å². The van der Waals surface area contributed by atoms with Gasteiger partial charge in [0.05, 0.1) is 55.5 Å². The number of rotatable bonds is 27. The van der Waals surface area contributed by atoms with E-state index < -0.39 is 72.0 Å². The molecule has 144 heavy (non-hydrogen) atoms. The van der Waals surface area contributed by atoms with E-state index in [-0.39, 0.29) is 125 Å². The minimum atomic E-state index is -4.59. The number of anilines is 1. The lowest BCUT2D eigenvalue weighted by Crippen LogP contribution is -2.76. The molecule has 0 aliphatic carbocycles. The number of piperazine rings is 3. The van der Waals surface area contributed by atoms with Crippen LogP contribution in [0.4, 0.5) is 37.6 Å². The van der Waals surface area contributed by atoms with E-state index in [2.05, 4.69) is 16.0 Å². The number of hydrazine groups is 3. The number of nitrogens with zero attached hydrogens (tertiary/aromatic N) is 13. The molecule has 18 rings (SSSR count). The predicted molar refractivity (Wildman–Crippen MR) is 539 cm³/mol. The van der Waals surface area contributed by atoms with Gasteiger partial charge in [-0.05, 0) is 152 Å². The number of ether oxygens (including phenoxy) is 1. The molecule has 6 aliphatic heterocycles. The number of phenols is 1. The van der Waals surface area contributed by atoms with Crippen LogP contribution in [0.1, 0.15) is 72.3 Å². The largest absolute Gasteiger partial charge is 0.508 e. The highest BCUT2D eigenvalue weighted by Crippen LogP contribution is 2.38. The Hall–Kier alpha value is -14.9. The maximum Gasteiger partial charge on any atom is 0.416 e. The van der Waals surface area contributed by atoms with E-state index in [1.165, 1.54) is 39.1 Å². The Balaban J connectivity index is 0.000000157. The predicted octanol–water partition coefficient (Wildman–Crippen LogP) is 16.3. The topological polar surface area (TPSA) is 261 Å². The summed E-state index contributed by atoms with van der Waals surface area (Å²) in [4.78, 5) is 138. The third kappa shape index (κ3) is 25.4. The number of alkyl halides is 3. The summed E-state index contributed by atoms with van der Waals surface area (Å²) < 4.78 is 61.0. The normalized spacial score (nSPS) is 18.2. The maximum atomic E-state index is 14.5. The minimum Gasteiger partial charge on any atom is -0.508 e. The molecule has 6 saturated heterocycles. The van der Waals surface area contributed by atoms with Crippen LogP contribution >= 0.6 is 34.8 Å². The number of benzene rings is 12. The monoisotopic (exact) mass is 2010 g/mol. The number of nitrogens with one attached hydrogen (secondary N) is 3. The molecule has 6 aliphatic rings. The number of fused-ring (bicyclic) bond motifs is 3. The first-order chi connectivity index (χ1) is 69.5. The number of halogens is 7. The smallest absolute Gasteiger partial charge is 0.416 e. The maximum absolute atomic E-state index is 14.5. The molecule has 27 nitrogen and oxygen atoms in total. The third-order valence-electron chi connectivity index (χ3n) is 26.0. The highest BCUT2D eigenvalue weighted by atomic mass is 35.5. The van der Waals surface area contributed by atoms with Gasteiger partial charge in [0.2, 0.25) is 35.4 Å². The van der Waals surface area contributed by atoms with Gasteiger partial charge in [-0.1, -0.05) is 271 Å². The fraction of sp³-hybridized carbons (Fsp3) is 0.264. The summed E-state index contributed by atoms with van der Waals surface area (Å²) in [7, 11) is 5.49. The summed E-state index contributed by atoms with van der Waals surface area (Å²) in [5.74, 6) is -1.40. The summed E-state index contributed by atoms with van der Waals surface area (Å²) in [6.07, 6.45) is -5.86. The molecule has 0 aromatic heterocycles. The van der Waals surface area contributed by atoms with Crippen LogP contribution in [-0.2, 0) is 113 Å². The fourth-order valence-corrected chi connectivity index (χ4v) is 19.6. The van der Waals surface area contributed by atoms with Gasteiger partial charge in [-0.25, -0.2) is 48.8 Å². The van der Waals surface area contributed by atoms with Crippen molar-refractivity contribution in [1.82, 2.24) is 75.4 Å². The molecular formula is C110H109Cl3F4N16O11. The molecule has 6 heterocycles. The van der Waals surface area contributed by atoms with Crippen molar-refractivity contribution in [2.75, 3.05) is 71.9 Å². The Labute approximate surface area is 847 Å². The number of carbonyl (C=O) groups is 9. The molecule has 12 aromatic rings. The molecule has 4 N–H and O–H groups in total. The van der Waals surface area contributed by atoms with Gasteiger partial charge in [0, 0.05) is 103 Å². The van der Waals surface area contributed by atoms with E-state index in [1.54, 1.807) is 131 Å². The van der Waals surface area contributed by atoms with Crippen molar-refractivity contribution in [3.8, 4) is 11.5 Å². The molecular weight excluding hydrogens is 1900 g/mol. The Bertz CT molecular complexity index is 6470. The van der Waals surface area contributed by atoms with E-state index in [0.717, 1.165) is 67.9 Å². The lowest BCUT2D eigenvalue weighted by Gasteiger charge is -2.55. The van der Waals surface area contributed by atoms with Gasteiger partial charge in [0.1, 0.15) is 60.5 Å². The zero-order valence-corrected chi connectivity index (χ0v) is 81.7. The quantitative estimate of drug-likeness (QED) is 0.0349. The Kier molecular flexibility index (Phi) is 33.2. The Morgan fingerprint density at radius 2 is 0.778 bits per heavy atom. The third-order valence-corrected chi connectivity index (χ3v) is 26.8. The average molecular weight is 2010 g/mol. The van der Waals surface area contributed by atoms with Gasteiger partial charge in [-0.3, -0.25) is 28.8 Å². The van der Waals surface area contributed by atoms with E-state index in [9.17, 15) is 65.8 Å². The highest BCUT2D eigenvalue weighted by molar-refractivity contribution is 6.33. The average Bonchev–Trinajstić information content (AvgIpc) is 0.746. The van der Waals surface area contributed by atoms with Crippen LogP contribution in [-0.4, -0.2) is 222 Å². The van der Waals surface area contributed by atoms with Crippen LogP contribution in [0.2, 0.25) is 15.1 Å². The molecule has 0 bridgehead atoms. The summed E-state index contributed by atoms with van der Waals surface area (Å²) in [5.41, 5.74) is 9.78. The number of aromatic hydroxyl groups is 1. The summed E-state index contributed by atoms with van der Waals surface area (Å²) >= 11 is 18.8. The van der Waals surface area contributed by atoms with Crippen molar-refractivity contribution >= 4 is 94.0 Å². The van der Waals surface area contributed by atoms with Gasteiger partial charge in [-0.15, -0.1) is 0 Å². The van der Waals surface area contributed by atoms with Crippen molar-refractivity contribution in [1.29, 1.82) is 0 Å². The van der Waals surface area contributed by atoms with Crippen molar-refractivity contribution in [3.63, 3.8) is 0 Å². The molecule has 34 heteroatoms. The van der Waals surface area contributed by atoms with Gasteiger partial charge >= 0.3 is 24.3 Å². The van der Waals surface area contributed by atoms with E-state index in [0.29, 0.717) is 77.6 Å². The number of amides is 12. The van der Waals surface area contributed by atoms with Crippen LogP contribution in [0.3, 0.4) is 0 Å². The molecule has 744 valence electrons. The molecule has 0 saturated carbocycles. The molecule has 6 atom stereocenters. The van der Waals surface area contributed by atoms with Crippen LogP contribution in [0.25, 0.3) is 0 Å². The summed E-state index contributed by atoms with van der Waals surface area (Å²) in [6.45, 7) is 1.83. The van der Waals surface area contributed by atoms with E-state index >= 15 is 0 Å². The first-order valence-corrected chi connectivity index (χ1v) is 48.4. The first-order valence-electron chi connectivity index (χ1n) is 47.3. The highest BCUT2D eigenvalue weighted by Gasteiger charge is 2.55. The second kappa shape index (κ2) is 46.9. The molecule has 0 spiro atoms. The van der Waals surface area contributed by atoms with Crippen molar-refractivity contribution in [3.05, 3.63) is 409 Å².